The summed E-state index contributed by atoms with van der Waals surface area (Å²) in [6.07, 6.45) is 5.04. The highest BCUT2D eigenvalue weighted by molar-refractivity contribution is 5.89. The molecule has 0 radical (unpaired) electrons. The van der Waals surface area contributed by atoms with E-state index in [0.29, 0.717) is 0 Å². The van der Waals surface area contributed by atoms with Gasteiger partial charge in [-0.3, -0.25) is 4.79 Å². The number of hydrogen-bond donors (Lipinski definition) is 1. The summed E-state index contributed by atoms with van der Waals surface area (Å²) in [6, 6.07) is 8.05. The molecule has 1 amide bonds. The molecule has 0 spiro atoms. The van der Waals surface area contributed by atoms with E-state index in [2.05, 4.69) is 5.32 Å². The maximum Gasteiger partial charge on any atom is 0.331 e. The van der Waals surface area contributed by atoms with Crippen LogP contribution in [-0.4, -0.2) is 24.5 Å². The average Bonchev–Trinajstić information content (AvgIpc) is 3.19. The standard InChI is InChI=1S/C15H17NO3/c1-11-2-4-12(5-3-11)6-9-15(18)19-10-14(17)16-13-7-8-13/h2-6,9,13H,7-8,10H2,1H3,(H,16,17)/b9-6+. The van der Waals surface area contributed by atoms with Crippen LogP contribution in [0.4, 0.5) is 0 Å². The lowest BCUT2D eigenvalue weighted by Gasteiger charge is -2.03. The molecule has 1 aromatic rings. The maximum atomic E-state index is 11.4. The number of aryl methyl sites for hydroxylation is 1. The molecule has 1 fully saturated rings. The Morgan fingerprint density at radius 2 is 2.00 bits per heavy atom. The van der Waals surface area contributed by atoms with Crippen molar-refractivity contribution in [2.45, 2.75) is 25.8 Å². The summed E-state index contributed by atoms with van der Waals surface area (Å²) in [5.74, 6) is -0.744. The number of ether oxygens (including phenoxy) is 1. The first-order valence-electron chi connectivity index (χ1n) is 6.34. The minimum absolute atomic E-state index is 0.215. The Bertz CT molecular complexity index is 487. The smallest absolute Gasteiger partial charge is 0.331 e. The van der Waals surface area contributed by atoms with Crippen LogP contribution in [0.15, 0.2) is 30.3 Å². The highest BCUT2D eigenvalue weighted by Gasteiger charge is 2.23. The van der Waals surface area contributed by atoms with E-state index in [4.69, 9.17) is 4.74 Å². The Morgan fingerprint density at radius 3 is 2.63 bits per heavy atom. The average molecular weight is 259 g/mol. The van der Waals surface area contributed by atoms with Crippen LogP contribution in [-0.2, 0) is 14.3 Å². The molecule has 0 atom stereocenters. The van der Waals surface area contributed by atoms with E-state index in [1.165, 1.54) is 6.08 Å². The third-order valence-electron chi connectivity index (χ3n) is 2.78. The first-order chi connectivity index (χ1) is 9.13. The van der Waals surface area contributed by atoms with Gasteiger partial charge in [-0.05, 0) is 31.4 Å². The summed E-state index contributed by atoms with van der Waals surface area (Å²) < 4.78 is 4.84. The molecule has 0 aromatic heterocycles. The highest BCUT2D eigenvalue weighted by atomic mass is 16.5. The van der Waals surface area contributed by atoms with Crippen LogP contribution in [0.25, 0.3) is 6.08 Å². The fourth-order valence-electron chi connectivity index (χ4n) is 1.52. The third-order valence-corrected chi connectivity index (χ3v) is 2.78. The maximum absolute atomic E-state index is 11.4. The van der Waals surface area contributed by atoms with Crippen LogP contribution in [0.5, 0.6) is 0 Å². The molecule has 1 aliphatic rings. The van der Waals surface area contributed by atoms with Gasteiger partial charge in [0.05, 0.1) is 0 Å². The molecular weight excluding hydrogens is 242 g/mol. The highest BCUT2D eigenvalue weighted by Crippen LogP contribution is 2.18. The van der Waals surface area contributed by atoms with Gasteiger partial charge in [-0.15, -0.1) is 0 Å². The molecule has 1 aliphatic carbocycles. The topological polar surface area (TPSA) is 55.4 Å². The van der Waals surface area contributed by atoms with Crippen LogP contribution in [0, 0.1) is 6.92 Å². The molecule has 1 saturated carbocycles. The molecule has 2 rings (SSSR count). The van der Waals surface area contributed by atoms with Gasteiger partial charge >= 0.3 is 5.97 Å². The molecule has 4 nitrogen and oxygen atoms in total. The molecule has 100 valence electrons. The Kier molecular flexibility index (Phi) is 4.34. The number of carbonyl (C=O) groups excluding carboxylic acids is 2. The summed E-state index contributed by atoms with van der Waals surface area (Å²) in [5.41, 5.74) is 2.08. The minimum atomic E-state index is -0.508. The molecule has 1 N–H and O–H groups in total. The molecular formula is C15H17NO3. The lowest BCUT2D eigenvalue weighted by molar-refractivity contribution is -0.143. The SMILES string of the molecule is Cc1ccc(/C=C/C(=O)OCC(=O)NC2CC2)cc1. The molecule has 0 heterocycles. The summed E-state index contributed by atoms with van der Waals surface area (Å²) in [6.45, 7) is 1.79. The molecule has 0 saturated heterocycles. The van der Waals surface area contributed by atoms with Crippen molar-refractivity contribution < 1.29 is 14.3 Å². The van der Waals surface area contributed by atoms with Crippen molar-refractivity contribution in [2.75, 3.05) is 6.61 Å². The van der Waals surface area contributed by atoms with Gasteiger partial charge in [0, 0.05) is 12.1 Å². The molecule has 1 aromatic carbocycles. The van der Waals surface area contributed by atoms with Gasteiger partial charge in [0.25, 0.3) is 5.91 Å². The number of hydrogen-bond acceptors (Lipinski definition) is 3. The molecule has 0 aliphatic heterocycles. The lowest BCUT2D eigenvalue weighted by Crippen LogP contribution is -2.30. The van der Waals surface area contributed by atoms with Gasteiger partial charge in [-0.2, -0.15) is 0 Å². The van der Waals surface area contributed by atoms with E-state index >= 15 is 0 Å². The fourth-order valence-corrected chi connectivity index (χ4v) is 1.52. The van der Waals surface area contributed by atoms with Gasteiger partial charge in [-0.25, -0.2) is 4.79 Å². The largest absolute Gasteiger partial charge is 0.452 e. The number of esters is 1. The second-order valence-corrected chi connectivity index (χ2v) is 4.69. The first kappa shape index (κ1) is 13.3. The van der Waals surface area contributed by atoms with Crippen LogP contribution in [0.3, 0.4) is 0 Å². The van der Waals surface area contributed by atoms with E-state index in [1.807, 2.05) is 31.2 Å². The zero-order chi connectivity index (χ0) is 13.7. The van der Waals surface area contributed by atoms with E-state index < -0.39 is 5.97 Å². The van der Waals surface area contributed by atoms with Crippen molar-refractivity contribution in [3.63, 3.8) is 0 Å². The molecule has 0 unspecified atom stereocenters. The molecule has 19 heavy (non-hydrogen) atoms. The zero-order valence-electron chi connectivity index (χ0n) is 10.9. The summed E-state index contributed by atoms with van der Waals surface area (Å²) in [7, 11) is 0. The minimum Gasteiger partial charge on any atom is -0.452 e. The van der Waals surface area contributed by atoms with Crippen molar-refractivity contribution in [3.8, 4) is 0 Å². The van der Waals surface area contributed by atoms with Gasteiger partial charge in [0.15, 0.2) is 6.61 Å². The Labute approximate surface area is 112 Å². The number of amides is 1. The predicted octanol–water partition coefficient (Wildman–Crippen LogP) is 1.83. The lowest BCUT2D eigenvalue weighted by atomic mass is 10.1. The van der Waals surface area contributed by atoms with Gasteiger partial charge in [-0.1, -0.05) is 29.8 Å². The first-order valence-corrected chi connectivity index (χ1v) is 6.34. The van der Waals surface area contributed by atoms with E-state index in [1.54, 1.807) is 6.08 Å². The summed E-state index contributed by atoms with van der Waals surface area (Å²) in [4.78, 5) is 22.7. The zero-order valence-corrected chi connectivity index (χ0v) is 10.9. The predicted molar refractivity (Wildman–Crippen MR) is 72.3 cm³/mol. The van der Waals surface area contributed by atoms with Crippen LogP contribution >= 0.6 is 0 Å². The van der Waals surface area contributed by atoms with Crippen molar-refractivity contribution in [1.82, 2.24) is 5.32 Å². The van der Waals surface area contributed by atoms with Crippen LogP contribution in [0.1, 0.15) is 24.0 Å². The van der Waals surface area contributed by atoms with Crippen molar-refractivity contribution in [3.05, 3.63) is 41.5 Å². The fraction of sp³-hybridized carbons (Fsp3) is 0.333. The summed E-state index contributed by atoms with van der Waals surface area (Å²) in [5, 5.41) is 2.75. The van der Waals surface area contributed by atoms with E-state index in [9.17, 15) is 9.59 Å². The molecule has 4 heteroatoms. The van der Waals surface area contributed by atoms with Gasteiger partial charge < -0.3 is 10.1 Å². The number of carbonyl (C=O) groups is 2. The number of benzene rings is 1. The normalized spacial score (nSPS) is 14.4. The second kappa shape index (κ2) is 6.18. The quantitative estimate of drug-likeness (QED) is 0.648. The third kappa shape index (κ3) is 4.95. The Balaban J connectivity index is 1.73. The number of rotatable bonds is 5. The van der Waals surface area contributed by atoms with Crippen molar-refractivity contribution >= 4 is 18.0 Å². The van der Waals surface area contributed by atoms with Crippen LogP contribution < -0.4 is 5.32 Å². The molecule has 0 bridgehead atoms. The van der Waals surface area contributed by atoms with Crippen molar-refractivity contribution in [1.29, 1.82) is 0 Å². The van der Waals surface area contributed by atoms with E-state index in [-0.39, 0.29) is 18.6 Å². The van der Waals surface area contributed by atoms with Crippen molar-refractivity contribution in [2.24, 2.45) is 0 Å². The van der Waals surface area contributed by atoms with Gasteiger partial charge in [0.1, 0.15) is 0 Å². The monoisotopic (exact) mass is 259 g/mol. The number of nitrogens with one attached hydrogen (secondary N) is 1. The Morgan fingerprint density at radius 1 is 1.32 bits per heavy atom. The second-order valence-electron chi connectivity index (χ2n) is 4.69. The summed E-state index contributed by atoms with van der Waals surface area (Å²) >= 11 is 0. The van der Waals surface area contributed by atoms with Gasteiger partial charge in [0.2, 0.25) is 0 Å². The van der Waals surface area contributed by atoms with Crippen LogP contribution in [0.2, 0.25) is 0 Å². The Hall–Kier alpha value is -2.10. The van der Waals surface area contributed by atoms with E-state index in [0.717, 1.165) is 24.0 Å².